The van der Waals surface area contributed by atoms with E-state index in [0.717, 1.165) is 0 Å². The zero-order chi connectivity index (χ0) is 35.9. The van der Waals surface area contributed by atoms with Gasteiger partial charge in [-0.3, -0.25) is 0 Å². The smallest absolute Gasteiger partial charge is 0.0411 e. The molecule has 6 aromatic rings. The highest BCUT2D eigenvalue weighted by Gasteiger charge is 2.42. The molecule has 1 nitrogen and oxygen atoms in total. The number of hydrogen-bond acceptors (Lipinski definition) is 1. The molecular weight excluding hydrogens is 627 g/mol. The summed E-state index contributed by atoms with van der Waals surface area (Å²) < 4.78 is 0. The van der Waals surface area contributed by atoms with Crippen molar-refractivity contribution in [1.82, 2.24) is 0 Å². The average Bonchev–Trinajstić information content (AvgIpc) is 3.47. The quantitative estimate of drug-likeness (QED) is 0.0975. The number of nitrogens with zero attached hydrogens (tertiary/aromatic N) is 1. The van der Waals surface area contributed by atoms with Gasteiger partial charge in [0.1, 0.15) is 0 Å². The Balaban J connectivity index is 1.15. The number of hydrogen-bond donors (Lipinski definition) is 0. The first-order valence-corrected chi connectivity index (χ1v) is 19.9. The predicted molar refractivity (Wildman–Crippen MR) is 226 cm³/mol. The molecule has 1 heteroatoms. The first kappa shape index (κ1) is 35.5. The third-order valence-corrected chi connectivity index (χ3v) is 11.6. The van der Waals surface area contributed by atoms with Gasteiger partial charge < -0.3 is 4.90 Å². The standard InChI is InChI=1S/C51H55N/c1-5-7-9-13-32-51(33-14-10-8-6-2)49-25-12-11-24-47(49)48-31-30-46(37-50(48)51)52(4)45-28-26-39(27-29-45)41-20-16-22-43(35-41)44-23-17-21-42(36-44)40-19-15-18-38(3)34-40/h11-12,15-31,34-37H,5-10,13-14,32-33H2,1-4H3. The van der Waals surface area contributed by atoms with Crippen molar-refractivity contribution in [2.75, 3.05) is 11.9 Å². The zero-order valence-electron chi connectivity index (χ0n) is 31.8. The molecule has 0 saturated heterocycles. The molecule has 0 N–H and O–H groups in total. The Hall–Kier alpha value is -4.88. The van der Waals surface area contributed by atoms with Crippen molar-refractivity contribution in [3.63, 3.8) is 0 Å². The summed E-state index contributed by atoms with van der Waals surface area (Å²) in [6.45, 7) is 6.79. The molecular formula is C51H55N. The fourth-order valence-electron chi connectivity index (χ4n) is 8.63. The minimum Gasteiger partial charge on any atom is -0.345 e. The Morgan fingerprint density at radius 1 is 0.423 bits per heavy atom. The summed E-state index contributed by atoms with van der Waals surface area (Å²) in [5, 5.41) is 0. The molecule has 0 radical (unpaired) electrons. The summed E-state index contributed by atoms with van der Waals surface area (Å²) in [7, 11) is 2.23. The highest BCUT2D eigenvalue weighted by atomic mass is 15.1. The SMILES string of the molecule is CCCCCCC1(CCCCCC)c2ccccc2-c2ccc(N(C)c3ccc(-c4cccc(-c5cccc(-c6cccc(C)c6)c5)c4)cc3)cc21. The van der Waals surface area contributed by atoms with Crippen molar-refractivity contribution in [2.45, 2.75) is 90.4 Å². The van der Waals surface area contributed by atoms with Gasteiger partial charge >= 0.3 is 0 Å². The lowest BCUT2D eigenvalue weighted by Crippen LogP contribution is -2.26. The van der Waals surface area contributed by atoms with Gasteiger partial charge in [0.15, 0.2) is 0 Å². The third kappa shape index (κ3) is 7.38. The summed E-state index contributed by atoms with van der Waals surface area (Å²) in [6, 6.07) is 52.3. The summed E-state index contributed by atoms with van der Waals surface area (Å²) >= 11 is 0. The molecule has 264 valence electrons. The number of rotatable bonds is 15. The lowest BCUT2D eigenvalue weighted by molar-refractivity contribution is 0.401. The van der Waals surface area contributed by atoms with Crippen molar-refractivity contribution in [2.24, 2.45) is 0 Å². The number of fused-ring (bicyclic) bond motifs is 3. The van der Waals surface area contributed by atoms with E-state index >= 15 is 0 Å². The molecule has 7 rings (SSSR count). The van der Waals surface area contributed by atoms with Gasteiger partial charge in [-0.25, -0.2) is 0 Å². The van der Waals surface area contributed by atoms with Gasteiger partial charge in [-0.1, -0.05) is 174 Å². The Morgan fingerprint density at radius 2 is 0.942 bits per heavy atom. The first-order chi connectivity index (χ1) is 25.5. The first-order valence-electron chi connectivity index (χ1n) is 19.9. The molecule has 52 heavy (non-hydrogen) atoms. The van der Waals surface area contributed by atoms with Crippen molar-refractivity contribution in [1.29, 1.82) is 0 Å². The maximum atomic E-state index is 2.54. The predicted octanol–water partition coefficient (Wildman–Crippen LogP) is 15.0. The average molecular weight is 682 g/mol. The van der Waals surface area contributed by atoms with E-state index in [1.165, 1.54) is 126 Å². The minimum atomic E-state index is 0.0959. The van der Waals surface area contributed by atoms with Crippen LogP contribution in [0.1, 0.15) is 94.7 Å². The van der Waals surface area contributed by atoms with Crippen LogP contribution in [0.2, 0.25) is 0 Å². The van der Waals surface area contributed by atoms with E-state index in [4.69, 9.17) is 0 Å². The van der Waals surface area contributed by atoms with Crippen molar-refractivity contribution < 1.29 is 0 Å². The van der Waals surface area contributed by atoms with Crippen LogP contribution in [-0.4, -0.2) is 7.05 Å². The number of unbranched alkanes of at least 4 members (excludes halogenated alkanes) is 6. The maximum Gasteiger partial charge on any atom is 0.0411 e. The van der Waals surface area contributed by atoms with E-state index in [-0.39, 0.29) is 5.41 Å². The highest BCUT2D eigenvalue weighted by molar-refractivity contribution is 5.84. The van der Waals surface area contributed by atoms with Gasteiger partial charge in [-0.05, 0) is 112 Å². The van der Waals surface area contributed by atoms with Crippen LogP contribution < -0.4 is 4.90 Å². The summed E-state index contributed by atoms with van der Waals surface area (Å²) in [4.78, 5) is 2.37. The van der Waals surface area contributed by atoms with Crippen LogP contribution >= 0.6 is 0 Å². The highest BCUT2D eigenvalue weighted by Crippen LogP contribution is 2.55. The lowest BCUT2D eigenvalue weighted by atomic mass is 9.70. The summed E-state index contributed by atoms with van der Waals surface area (Å²) in [5.41, 5.74) is 17.3. The van der Waals surface area contributed by atoms with Crippen LogP contribution in [0.25, 0.3) is 44.5 Å². The van der Waals surface area contributed by atoms with Crippen LogP contribution in [0.4, 0.5) is 11.4 Å². The normalized spacial score (nSPS) is 12.8. The van der Waals surface area contributed by atoms with Gasteiger partial charge in [0.2, 0.25) is 0 Å². The fourth-order valence-corrected chi connectivity index (χ4v) is 8.63. The number of anilines is 2. The largest absolute Gasteiger partial charge is 0.345 e. The van der Waals surface area contributed by atoms with E-state index in [0.29, 0.717) is 0 Å². The molecule has 0 aliphatic heterocycles. The maximum absolute atomic E-state index is 2.54. The second-order valence-corrected chi connectivity index (χ2v) is 15.1. The van der Waals surface area contributed by atoms with E-state index < -0.39 is 0 Å². The molecule has 6 aromatic carbocycles. The molecule has 0 amide bonds. The van der Waals surface area contributed by atoms with Gasteiger partial charge in [0.05, 0.1) is 0 Å². The van der Waals surface area contributed by atoms with Crippen LogP contribution in [0.15, 0.2) is 140 Å². The van der Waals surface area contributed by atoms with E-state index in [1.54, 1.807) is 11.1 Å². The second-order valence-electron chi connectivity index (χ2n) is 15.1. The van der Waals surface area contributed by atoms with Crippen LogP contribution in [0.3, 0.4) is 0 Å². The van der Waals surface area contributed by atoms with Gasteiger partial charge in [-0.15, -0.1) is 0 Å². The van der Waals surface area contributed by atoms with Gasteiger partial charge in [0, 0.05) is 23.8 Å². The van der Waals surface area contributed by atoms with Gasteiger partial charge in [0.25, 0.3) is 0 Å². The Bertz CT molecular complexity index is 2090. The topological polar surface area (TPSA) is 3.24 Å². The summed E-state index contributed by atoms with van der Waals surface area (Å²) in [5.74, 6) is 0. The number of aryl methyl sites for hydroxylation is 1. The molecule has 0 spiro atoms. The molecule has 0 atom stereocenters. The molecule has 1 aliphatic carbocycles. The van der Waals surface area contributed by atoms with Crippen LogP contribution in [0.5, 0.6) is 0 Å². The molecule has 1 aliphatic rings. The molecule has 0 aromatic heterocycles. The lowest BCUT2D eigenvalue weighted by Gasteiger charge is -2.33. The van der Waals surface area contributed by atoms with E-state index in [1.807, 2.05) is 0 Å². The van der Waals surface area contributed by atoms with Gasteiger partial charge in [-0.2, -0.15) is 0 Å². The molecule has 0 bridgehead atoms. The van der Waals surface area contributed by atoms with Crippen molar-refractivity contribution in [3.8, 4) is 44.5 Å². The molecule has 0 heterocycles. The molecule has 0 saturated carbocycles. The fraction of sp³-hybridized carbons (Fsp3) is 0.294. The minimum absolute atomic E-state index is 0.0959. The Kier molecular flexibility index (Phi) is 11.1. The van der Waals surface area contributed by atoms with Crippen molar-refractivity contribution >= 4 is 11.4 Å². The molecule has 0 unspecified atom stereocenters. The third-order valence-electron chi connectivity index (χ3n) is 11.6. The monoisotopic (exact) mass is 681 g/mol. The number of benzene rings is 6. The second kappa shape index (κ2) is 16.2. The van der Waals surface area contributed by atoms with Crippen LogP contribution in [0, 0.1) is 6.92 Å². The van der Waals surface area contributed by atoms with Crippen LogP contribution in [-0.2, 0) is 5.41 Å². The zero-order valence-corrected chi connectivity index (χ0v) is 31.8. The summed E-state index contributed by atoms with van der Waals surface area (Å²) in [6.07, 6.45) is 12.9. The van der Waals surface area contributed by atoms with E-state index in [2.05, 4.69) is 172 Å². The Labute approximate surface area is 313 Å². The Morgan fingerprint density at radius 3 is 1.54 bits per heavy atom. The molecule has 0 fully saturated rings. The van der Waals surface area contributed by atoms with E-state index in [9.17, 15) is 0 Å². The van der Waals surface area contributed by atoms with Crippen molar-refractivity contribution in [3.05, 3.63) is 156 Å².